The van der Waals surface area contributed by atoms with Gasteiger partial charge >= 0.3 is 12.1 Å². The smallest absolute Gasteiger partial charge is 0.416 e. The van der Waals surface area contributed by atoms with Crippen molar-refractivity contribution in [3.8, 4) is 5.75 Å². The minimum absolute atomic E-state index is 0.0681. The number of hydrogen-bond donors (Lipinski definition) is 1. The first-order valence-corrected chi connectivity index (χ1v) is 11.3. The second kappa shape index (κ2) is 9.79. The molecule has 1 aliphatic rings. The van der Waals surface area contributed by atoms with Crippen molar-refractivity contribution >= 4 is 27.6 Å². The number of carbonyl (C=O) groups excluding carboxylic acids is 2. The Balaban J connectivity index is 1.66. The maximum Gasteiger partial charge on any atom is 0.416 e. The second-order valence-electron chi connectivity index (χ2n) is 7.18. The van der Waals surface area contributed by atoms with Crippen molar-refractivity contribution < 1.29 is 40.7 Å². The lowest BCUT2D eigenvalue weighted by Crippen LogP contribution is -2.28. The average molecular weight is 486 g/mol. The van der Waals surface area contributed by atoms with E-state index in [4.69, 9.17) is 9.47 Å². The highest BCUT2D eigenvalue weighted by Crippen LogP contribution is 2.31. The van der Waals surface area contributed by atoms with Gasteiger partial charge < -0.3 is 14.8 Å². The van der Waals surface area contributed by atoms with Crippen molar-refractivity contribution in [2.75, 3.05) is 32.1 Å². The van der Waals surface area contributed by atoms with E-state index in [1.165, 1.54) is 23.5 Å². The van der Waals surface area contributed by atoms with Crippen LogP contribution in [0.25, 0.3) is 0 Å². The first kappa shape index (κ1) is 24.5. The topological polar surface area (TPSA) is 102 Å². The van der Waals surface area contributed by atoms with Crippen LogP contribution in [-0.2, 0) is 25.7 Å². The predicted octanol–water partition coefficient (Wildman–Crippen LogP) is 3.29. The Hall–Kier alpha value is -3.12. The molecule has 0 atom stereocenters. The average Bonchev–Trinajstić information content (AvgIpc) is 3.33. The third-order valence-electron chi connectivity index (χ3n) is 4.91. The fourth-order valence-corrected chi connectivity index (χ4v) is 4.93. The fraction of sp³-hybridized carbons (Fsp3) is 0.333. The SMILES string of the molecule is COc1ccc(C(=O)OCC(=O)Nc2ccc(C(F)(F)F)cc2)cc1S(=O)(=O)N1CCCC1. The summed E-state index contributed by atoms with van der Waals surface area (Å²) in [4.78, 5) is 24.2. The number of nitrogens with zero attached hydrogens (tertiary/aromatic N) is 1. The lowest BCUT2D eigenvalue weighted by Gasteiger charge is -2.18. The summed E-state index contributed by atoms with van der Waals surface area (Å²) in [7, 11) is -2.57. The van der Waals surface area contributed by atoms with Crippen LogP contribution in [0, 0.1) is 0 Å². The Morgan fingerprint density at radius 3 is 2.27 bits per heavy atom. The molecule has 1 N–H and O–H groups in total. The largest absolute Gasteiger partial charge is 0.495 e. The number of anilines is 1. The maximum atomic E-state index is 12.9. The molecule has 1 heterocycles. The summed E-state index contributed by atoms with van der Waals surface area (Å²) < 4.78 is 75.0. The number of nitrogens with one attached hydrogen (secondary N) is 1. The lowest BCUT2D eigenvalue weighted by atomic mass is 10.2. The maximum absolute atomic E-state index is 12.9. The number of esters is 1. The van der Waals surface area contributed by atoms with E-state index in [1.54, 1.807) is 0 Å². The number of ether oxygens (including phenoxy) is 2. The monoisotopic (exact) mass is 486 g/mol. The summed E-state index contributed by atoms with van der Waals surface area (Å²) in [6.07, 6.45) is -3.04. The van der Waals surface area contributed by atoms with Gasteiger partial charge in [-0.15, -0.1) is 0 Å². The molecule has 0 aromatic heterocycles. The van der Waals surface area contributed by atoms with E-state index in [-0.39, 0.29) is 21.9 Å². The van der Waals surface area contributed by atoms with Gasteiger partial charge in [-0.05, 0) is 55.3 Å². The molecule has 0 aliphatic carbocycles. The van der Waals surface area contributed by atoms with Crippen LogP contribution >= 0.6 is 0 Å². The first-order chi connectivity index (χ1) is 15.5. The van der Waals surface area contributed by atoms with E-state index < -0.39 is 40.2 Å². The van der Waals surface area contributed by atoms with Gasteiger partial charge in [-0.3, -0.25) is 4.79 Å². The number of sulfonamides is 1. The van der Waals surface area contributed by atoms with Crippen LogP contribution in [0.1, 0.15) is 28.8 Å². The minimum atomic E-state index is -4.50. The van der Waals surface area contributed by atoms with Crippen LogP contribution in [0.3, 0.4) is 0 Å². The molecule has 2 aromatic carbocycles. The zero-order chi connectivity index (χ0) is 24.2. The van der Waals surface area contributed by atoms with Gasteiger partial charge in [-0.25, -0.2) is 13.2 Å². The molecule has 12 heteroatoms. The van der Waals surface area contributed by atoms with Gasteiger partial charge in [-0.1, -0.05) is 0 Å². The first-order valence-electron chi connectivity index (χ1n) is 9.85. The second-order valence-corrected chi connectivity index (χ2v) is 9.08. The number of halogens is 3. The van der Waals surface area contributed by atoms with E-state index in [0.717, 1.165) is 43.2 Å². The Morgan fingerprint density at radius 1 is 1.06 bits per heavy atom. The Bertz CT molecular complexity index is 1130. The molecule has 0 radical (unpaired) electrons. The van der Waals surface area contributed by atoms with Gasteiger partial charge in [0.25, 0.3) is 5.91 Å². The standard InChI is InChI=1S/C21H21F3N2O6S/c1-31-17-9-4-14(12-18(17)33(29,30)26-10-2-3-11-26)20(28)32-13-19(27)25-16-7-5-15(6-8-16)21(22,23)24/h4-9,12H,2-3,10-11,13H2,1H3,(H,25,27). The molecular formula is C21H21F3N2O6S. The Morgan fingerprint density at radius 2 is 1.70 bits per heavy atom. The summed E-state index contributed by atoms with van der Waals surface area (Å²) in [5, 5.41) is 2.31. The number of benzene rings is 2. The van der Waals surface area contributed by atoms with Crippen molar-refractivity contribution in [3.63, 3.8) is 0 Å². The zero-order valence-corrected chi connectivity index (χ0v) is 18.3. The molecule has 1 aliphatic heterocycles. The molecule has 178 valence electrons. The molecule has 0 spiro atoms. The molecule has 3 rings (SSSR count). The van der Waals surface area contributed by atoms with Crippen LogP contribution in [0.5, 0.6) is 5.75 Å². The number of methoxy groups -OCH3 is 1. The minimum Gasteiger partial charge on any atom is -0.495 e. The summed E-state index contributed by atoms with van der Waals surface area (Å²) in [6, 6.07) is 7.51. The van der Waals surface area contributed by atoms with Gasteiger partial charge in [0.2, 0.25) is 10.0 Å². The number of amides is 1. The Kier molecular flexibility index (Phi) is 7.28. The third-order valence-corrected chi connectivity index (χ3v) is 6.83. The molecule has 0 unspecified atom stereocenters. The highest BCUT2D eigenvalue weighted by Gasteiger charge is 2.31. The van der Waals surface area contributed by atoms with Gasteiger partial charge in [0, 0.05) is 18.8 Å². The lowest BCUT2D eigenvalue weighted by molar-refractivity contribution is -0.137. The van der Waals surface area contributed by atoms with Crippen LogP contribution in [0.4, 0.5) is 18.9 Å². The van der Waals surface area contributed by atoms with E-state index in [9.17, 15) is 31.2 Å². The fourth-order valence-electron chi connectivity index (χ4n) is 3.23. The van der Waals surface area contributed by atoms with E-state index in [1.807, 2.05) is 0 Å². The molecule has 1 amide bonds. The van der Waals surface area contributed by atoms with Crippen molar-refractivity contribution in [1.29, 1.82) is 0 Å². The van der Waals surface area contributed by atoms with Crippen LogP contribution in [-0.4, -0.2) is 51.4 Å². The van der Waals surface area contributed by atoms with Crippen molar-refractivity contribution in [2.45, 2.75) is 23.9 Å². The summed E-state index contributed by atoms with van der Waals surface area (Å²) in [5.41, 5.74) is -0.880. The molecule has 1 saturated heterocycles. The van der Waals surface area contributed by atoms with Gasteiger partial charge in [-0.2, -0.15) is 17.5 Å². The molecule has 0 saturated carbocycles. The van der Waals surface area contributed by atoms with E-state index in [2.05, 4.69) is 5.32 Å². The molecule has 1 fully saturated rings. The molecule has 0 bridgehead atoms. The van der Waals surface area contributed by atoms with Gasteiger partial charge in [0.05, 0.1) is 18.2 Å². The van der Waals surface area contributed by atoms with E-state index in [0.29, 0.717) is 13.1 Å². The molecular weight excluding hydrogens is 465 g/mol. The molecule has 33 heavy (non-hydrogen) atoms. The van der Waals surface area contributed by atoms with Crippen LogP contribution in [0.15, 0.2) is 47.4 Å². The molecule has 2 aromatic rings. The van der Waals surface area contributed by atoms with Crippen molar-refractivity contribution in [1.82, 2.24) is 4.31 Å². The van der Waals surface area contributed by atoms with Crippen LogP contribution in [0.2, 0.25) is 0 Å². The van der Waals surface area contributed by atoms with Crippen molar-refractivity contribution in [2.24, 2.45) is 0 Å². The summed E-state index contributed by atoms with van der Waals surface area (Å²) >= 11 is 0. The number of rotatable bonds is 7. The summed E-state index contributed by atoms with van der Waals surface area (Å²) in [6.45, 7) is 0.00859. The normalized spacial score (nSPS) is 14.7. The predicted molar refractivity (Wildman–Crippen MR) is 111 cm³/mol. The quantitative estimate of drug-likeness (QED) is 0.603. The van der Waals surface area contributed by atoms with Crippen LogP contribution < -0.4 is 10.1 Å². The van der Waals surface area contributed by atoms with E-state index >= 15 is 0 Å². The van der Waals surface area contributed by atoms with Crippen molar-refractivity contribution in [3.05, 3.63) is 53.6 Å². The number of alkyl halides is 3. The highest BCUT2D eigenvalue weighted by atomic mass is 32.2. The summed E-state index contributed by atoms with van der Waals surface area (Å²) in [5.74, 6) is -1.65. The Labute approximate surface area is 188 Å². The number of hydrogen-bond acceptors (Lipinski definition) is 6. The third kappa shape index (κ3) is 5.82. The number of carbonyl (C=O) groups is 2. The van der Waals surface area contributed by atoms with Gasteiger partial charge in [0.15, 0.2) is 6.61 Å². The zero-order valence-electron chi connectivity index (χ0n) is 17.5. The van der Waals surface area contributed by atoms with Gasteiger partial charge in [0.1, 0.15) is 10.6 Å². The molecule has 8 nitrogen and oxygen atoms in total. The highest BCUT2D eigenvalue weighted by molar-refractivity contribution is 7.89.